The number of halogens is 3. The van der Waals surface area contributed by atoms with Gasteiger partial charge in [-0.2, -0.15) is 13.2 Å². The maximum Gasteiger partial charge on any atom is 0.416 e. The highest BCUT2D eigenvalue weighted by Gasteiger charge is 2.48. The second-order valence-electron chi connectivity index (χ2n) is 7.02. The molecule has 2 aliphatic carbocycles. The van der Waals surface area contributed by atoms with Gasteiger partial charge in [-0.05, 0) is 37.3 Å². The van der Waals surface area contributed by atoms with E-state index in [2.05, 4.69) is 0 Å². The molecule has 1 amide bonds. The molecule has 136 valence electrons. The molecule has 2 saturated carbocycles. The Morgan fingerprint density at radius 3 is 2.32 bits per heavy atom. The van der Waals surface area contributed by atoms with Crippen molar-refractivity contribution < 1.29 is 27.9 Å². The largest absolute Gasteiger partial charge is 0.481 e. The van der Waals surface area contributed by atoms with Crippen molar-refractivity contribution in [1.82, 2.24) is 4.90 Å². The van der Waals surface area contributed by atoms with Crippen LogP contribution in [0, 0.1) is 5.41 Å². The lowest BCUT2D eigenvalue weighted by molar-refractivity contribution is -0.159. The minimum Gasteiger partial charge on any atom is -0.481 e. The van der Waals surface area contributed by atoms with E-state index in [9.17, 15) is 27.9 Å². The van der Waals surface area contributed by atoms with E-state index < -0.39 is 23.1 Å². The van der Waals surface area contributed by atoms with Crippen LogP contribution in [0.5, 0.6) is 0 Å². The number of rotatable bonds is 6. The summed E-state index contributed by atoms with van der Waals surface area (Å²) in [5.41, 5.74) is -1.73. The first-order valence-electron chi connectivity index (χ1n) is 8.41. The lowest BCUT2D eigenvalue weighted by atomic mass is 9.66. The molecule has 0 bridgehead atoms. The Balaban J connectivity index is 1.79. The van der Waals surface area contributed by atoms with Gasteiger partial charge in [-0.1, -0.05) is 24.6 Å². The van der Waals surface area contributed by atoms with Crippen molar-refractivity contribution in [2.24, 2.45) is 5.41 Å². The number of hydrogen-bond acceptors (Lipinski definition) is 2. The number of carbonyl (C=O) groups excluding carboxylic acids is 1. The fraction of sp³-hybridized carbons (Fsp3) is 0.556. The summed E-state index contributed by atoms with van der Waals surface area (Å²) in [4.78, 5) is 25.6. The molecule has 2 fully saturated rings. The van der Waals surface area contributed by atoms with E-state index in [4.69, 9.17) is 0 Å². The normalized spacial score (nSPS) is 19.2. The van der Waals surface area contributed by atoms with Gasteiger partial charge >= 0.3 is 12.1 Å². The van der Waals surface area contributed by atoms with Gasteiger partial charge in [0.2, 0.25) is 5.91 Å². The van der Waals surface area contributed by atoms with Crippen LogP contribution in [0.15, 0.2) is 24.3 Å². The standard InChI is InChI=1S/C18H20F3NO3/c19-18(20,21)14-5-2-1-4-12(14)11-22(13-6-7-13)15(23)10-17(16(24)25)8-3-9-17/h1-2,4-5,13H,3,6-11H2,(H,24,25). The molecule has 0 unspecified atom stereocenters. The Kier molecular flexibility index (Phi) is 4.51. The van der Waals surface area contributed by atoms with Gasteiger partial charge in [0.05, 0.1) is 11.0 Å². The van der Waals surface area contributed by atoms with Crippen LogP contribution in [0.4, 0.5) is 13.2 Å². The molecule has 4 nitrogen and oxygen atoms in total. The summed E-state index contributed by atoms with van der Waals surface area (Å²) in [6.07, 6.45) is -1.45. The molecule has 0 atom stereocenters. The Bertz CT molecular complexity index is 678. The van der Waals surface area contributed by atoms with Gasteiger partial charge < -0.3 is 10.0 Å². The Morgan fingerprint density at radius 1 is 1.20 bits per heavy atom. The average Bonchev–Trinajstić information content (AvgIpc) is 3.32. The zero-order valence-electron chi connectivity index (χ0n) is 13.7. The quantitative estimate of drug-likeness (QED) is 0.843. The zero-order valence-corrected chi connectivity index (χ0v) is 13.7. The predicted molar refractivity (Wildman–Crippen MR) is 83.6 cm³/mol. The number of hydrogen-bond donors (Lipinski definition) is 1. The SMILES string of the molecule is O=C(CC1(C(=O)O)CCC1)N(Cc1ccccc1C(F)(F)F)C1CC1. The van der Waals surface area contributed by atoms with Crippen LogP contribution in [0.2, 0.25) is 0 Å². The number of carboxylic acids is 1. The Labute approximate surface area is 143 Å². The molecular formula is C18H20F3NO3. The minimum absolute atomic E-state index is 0.0493. The van der Waals surface area contributed by atoms with Gasteiger partial charge in [0, 0.05) is 19.0 Å². The van der Waals surface area contributed by atoms with Gasteiger partial charge in [0.1, 0.15) is 0 Å². The molecule has 0 aliphatic heterocycles. The summed E-state index contributed by atoms with van der Waals surface area (Å²) < 4.78 is 39.5. The number of amides is 1. The first kappa shape index (κ1) is 17.8. The summed E-state index contributed by atoms with van der Waals surface area (Å²) in [5.74, 6) is -1.35. The van der Waals surface area contributed by atoms with E-state index >= 15 is 0 Å². The third kappa shape index (κ3) is 3.65. The number of alkyl halides is 3. The highest BCUT2D eigenvalue weighted by Crippen LogP contribution is 2.45. The van der Waals surface area contributed by atoms with E-state index in [1.165, 1.54) is 23.1 Å². The van der Waals surface area contributed by atoms with Crippen LogP contribution >= 0.6 is 0 Å². The van der Waals surface area contributed by atoms with Crippen molar-refractivity contribution in [3.63, 3.8) is 0 Å². The molecule has 0 heterocycles. The molecule has 0 radical (unpaired) electrons. The third-order valence-corrected chi connectivity index (χ3v) is 5.23. The topological polar surface area (TPSA) is 57.6 Å². The highest BCUT2D eigenvalue weighted by molar-refractivity contribution is 5.86. The molecule has 0 saturated heterocycles. The average molecular weight is 355 g/mol. The lowest BCUT2D eigenvalue weighted by Crippen LogP contribution is -2.44. The summed E-state index contributed by atoms with van der Waals surface area (Å²) in [7, 11) is 0. The van der Waals surface area contributed by atoms with Crippen molar-refractivity contribution in [2.75, 3.05) is 0 Å². The van der Waals surface area contributed by atoms with Crippen molar-refractivity contribution in [2.45, 2.75) is 57.3 Å². The van der Waals surface area contributed by atoms with Crippen molar-refractivity contribution in [3.05, 3.63) is 35.4 Å². The van der Waals surface area contributed by atoms with Crippen LogP contribution in [0.1, 0.15) is 49.7 Å². The number of aliphatic carboxylic acids is 1. The van der Waals surface area contributed by atoms with Crippen LogP contribution in [0.25, 0.3) is 0 Å². The predicted octanol–water partition coefficient (Wildman–Crippen LogP) is 3.84. The monoisotopic (exact) mass is 355 g/mol. The molecule has 2 aliphatic rings. The van der Waals surface area contributed by atoms with Gasteiger partial charge in [0.15, 0.2) is 0 Å². The number of carboxylic acid groups (broad SMARTS) is 1. The van der Waals surface area contributed by atoms with Crippen molar-refractivity contribution in [1.29, 1.82) is 0 Å². The molecule has 0 aromatic heterocycles. The van der Waals surface area contributed by atoms with Crippen LogP contribution in [-0.4, -0.2) is 27.9 Å². The van der Waals surface area contributed by atoms with Gasteiger partial charge in [-0.15, -0.1) is 0 Å². The van der Waals surface area contributed by atoms with E-state index in [0.29, 0.717) is 12.8 Å². The molecule has 3 rings (SSSR count). The third-order valence-electron chi connectivity index (χ3n) is 5.23. The number of nitrogens with zero attached hydrogens (tertiary/aromatic N) is 1. The van der Waals surface area contributed by atoms with Crippen molar-refractivity contribution in [3.8, 4) is 0 Å². The van der Waals surface area contributed by atoms with Crippen LogP contribution in [0.3, 0.4) is 0 Å². The van der Waals surface area contributed by atoms with Crippen LogP contribution in [-0.2, 0) is 22.3 Å². The van der Waals surface area contributed by atoms with Gasteiger partial charge in [0.25, 0.3) is 0 Å². The molecule has 1 aromatic rings. The fourth-order valence-corrected chi connectivity index (χ4v) is 3.39. The molecule has 0 spiro atoms. The first-order chi connectivity index (χ1) is 11.7. The summed E-state index contributed by atoms with van der Waals surface area (Å²) in [5, 5.41) is 9.39. The summed E-state index contributed by atoms with van der Waals surface area (Å²) in [6.45, 7) is -0.130. The fourth-order valence-electron chi connectivity index (χ4n) is 3.39. The molecule has 1 N–H and O–H groups in total. The second-order valence-corrected chi connectivity index (χ2v) is 7.02. The first-order valence-corrected chi connectivity index (χ1v) is 8.41. The molecule has 7 heteroatoms. The Hall–Kier alpha value is -2.05. The summed E-state index contributed by atoms with van der Waals surface area (Å²) >= 11 is 0. The van der Waals surface area contributed by atoms with E-state index in [-0.39, 0.29) is 30.5 Å². The maximum absolute atomic E-state index is 13.2. The van der Waals surface area contributed by atoms with Gasteiger partial charge in [-0.25, -0.2) is 0 Å². The summed E-state index contributed by atoms with van der Waals surface area (Å²) in [6, 6.07) is 5.14. The smallest absolute Gasteiger partial charge is 0.416 e. The Morgan fingerprint density at radius 2 is 1.84 bits per heavy atom. The molecular weight excluding hydrogens is 335 g/mol. The minimum atomic E-state index is -4.48. The van der Waals surface area contributed by atoms with E-state index in [0.717, 1.165) is 25.3 Å². The highest BCUT2D eigenvalue weighted by atomic mass is 19.4. The van der Waals surface area contributed by atoms with Crippen LogP contribution < -0.4 is 0 Å². The zero-order chi connectivity index (χ0) is 18.2. The lowest BCUT2D eigenvalue weighted by Gasteiger charge is -2.38. The van der Waals surface area contributed by atoms with E-state index in [1.807, 2.05) is 0 Å². The second kappa shape index (κ2) is 6.35. The maximum atomic E-state index is 13.2. The van der Waals surface area contributed by atoms with E-state index in [1.54, 1.807) is 0 Å². The molecule has 1 aromatic carbocycles. The number of carbonyl (C=O) groups is 2. The van der Waals surface area contributed by atoms with Crippen molar-refractivity contribution >= 4 is 11.9 Å². The number of benzene rings is 1. The molecule has 25 heavy (non-hydrogen) atoms. The van der Waals surface area contributed by atoms with Gasteiger partial charge in [-0.3, -0.25) is 9.59 Å².